The minimum Gasteiger partial charge on any atom is -0.481 e. The van der Waals surface area contributed by atoms with E-state index >= 15 is 0 Å². The van der Waals surface area contributed by atoms with Gasteiger partial charge in [-0.05, 0) is 30.8 Å². The molecule has 194 valence electrons. The van der Waals surface area contributed by atoms with Crippen molar-refractivity contribution in [1.82, 2.24) is 0 Å². The van der Waals surface area contributed by atoms with Crippen molar-refractivity contribution in [2.24, 2.45) is 0 Å². The second-order valence-corrected chi connectivity index (χ2v) is 11.9. The molecule has 0 saturated carbocycles. The summed E-state index contributed by atoms with van der Waals surface area (Å²) >= 11 is 1.57. The maximum Gasteiger partial charge on any atom is 0.309 e. The van der Waals surface area contributed by atoms with E-state index in [4.69, 9.17) is 19.7 Å². The van der Waals surface area contributed by atoms with Crippen LogP contribution >= 0.6 is 11.8 Å². The molecule has 5 unspecified atom stereocenters. The molecule has 0 aliphatic carbocycles. The van der Waals surface area contributed by atoms with E-state index in [-0.39, 0.29) is 37.9 Å². The number of rotatable bonds is 14. The van der Waals surface area contributed by atoms with Crippen LogP contribution in [-0.2, 0) is 39.5 Å². The second kappa shape index (κ2) is 12.8. The van der Waals surface area contributed by atoms with Crippen molar-refractivity contribution >= 4 is 46.4 Å². The maximum atomic E-state index is 12.3. The Balaban J connectivity index is 1.60. The first kappa shape index (κ1) is 28.5. The van der Waals surface area contributed by atoms with E-state index in [9.17, 15) is 33.6 Å². The van der Waals surface area contributed by atoms with Gasteiger partial charge in [-0.1, -0.05) is 0 Å². The second-order valence-electron chi connectivity index (χ2n) is 8.97. The van der Waals surface area contributed by atoms with Gasteiger partial charge >= 0.3 is 23.9 Å². The third-order valence-electron chi connectivity index (χ3n) is 5.63. The van der Waals surface area contributed by atoms with Gasteiger partial charge in [0.1, 0.15) is 12.2 Å². The van der Waals surface area contributed by atoms with Gasteiger partial charge in [0.25, 0.3) is 0 Å². The Morgan fingerprint density at radius 1 is 0.882 bits per heavy atom. The Hall–Kier alpha value is -1.70. The molecule has 2 fully saturated rings. The molecule has 5 atom stereocenters. The number of thioether (sulfide) groups is 1. The molecular weight excluding hydrogens is 492 g/mol. The Bertz CT molecular complexity index is 781. The van der Waals surface area contributed by atoms with Crippen LogP contribution in [0.4, 0.5) is 0 Å². The number of aliphatic carboxylic acids is 2. The molecule has 0 spiro atoms. The average Bonchev–Trinajstić information content (AvgIpc) is 2.65. The Morgan fingerprint density at radius 2 is 1.38 bits per heavy atom. The number of cyclic esters (lactones) is 2. The summed E-state index contributed by atoms with van der Waals surface area (Å²) in [5.41, 5.74) is -3.22. The first-order valence-electron chi connectivity index (χ1n) is 11.1. The third kappa shape index (κ3) is 10.3. The molecule has 2 rings (SSSR count). The average molecular weight is 525 g/mol. The number of ether oxygens (including phenoxy) is 2. The number of hydrogen-bond donors (Lipinski definition) is 4. The van der Waals surface area contributed by atoms with Gasteiger partial charge < -0.3 is 29.9 Å². The van der Waals surface area contributed by atoms with Gasteiger partial charge in [-0.25, -0.2) is 0 Å². The van der Waals surface area contributed by atoms with E-state index in [1.54, 1.807) is 11.8 Å². The van der Waals surface area contributed by atoms with E-state index in [1.807, 2.05) is 0 Å². The van der Waals surface area contributed by atoms with E-state index < -0.39 is 70.9 Å². The number of aliphatic hydroxyl groups is 2. The molecule has 2 aliphatic rings. The summed E-state index contributed by atoms with van der Waals surface area (Å²) in [5.74, 6) is -1.59. The monoisotopic (exact) mass is 524 g/mol. The molecule has 11 nitrogen and oxygen atoms in total. The van der Waals surface area contributed by atoms with Gasteiger partial charge in [-0.3, -0.25) is 23.4 Å². The van der Waals surface area contributed by atoms with Crippen LogP contribution in [0.15, 0.2) is 0 Å². The van der Waals surface area contributed by atoms with Gasteiger partial charge in [0.15, 0.2) is 0 Å². The van der Waals surface area contributed by atoms with Crippen molar-refractivity contribution in [2.45, 2.75) is 81.2 Å². The van der Waals surface area contributed by atoms with Gasteiger partial charge in [0.2, 0.25) is 0 Å². The lowest BCUT2D eigenvalue weighted by molar-refractivity contribution is -0.175. The van der Waals surface area contributed by atoms with Crippen LogP contribution in [0.5, 0.6) is 0 Å². The zero-order valence-electron chi connectivity index (χ0n) is 18.8. The Kier molecular flexibility index (Phi) is 10.8. The lowest BCUT2D eigenvalue weighted by atomic mass is 9.86. The number of carboxylic acids is 2. The normalized spacial score (nSPS) is 30.3. The molecule has 13 heteroatoms. The fourth-order valence-corrected chi connectivity index (χ4v) is 6.59. The number of carbonyl (C=O) groups is 4. The number of carboxylic acid groups (broad SMARTS) is 2. The SMILES string of the molecule is O=C(O)CC1(O)CC(=O)OC(CCSCCCS(=O)CCC2CC(O)(CC(=O)O)CC(=O)O2)C1. The summed E-state index contributed by atoms with van der Waals surface area (Å²) in [4.78, 5) is 45.2. The minimum absolute atomic E-state index is 0.00538. The summed E-state index contributed by atoms with van der Waals surface area (Å²) in [5, 5.41) is 38.4. The van der Waals surface area contributed by atoms with E-state index in [0.717, 1.165) is 0 Å². The van der Waals surface area contributed by atoms with Crippen LogP contribution in [-0.4, -0.2) is 94.9 Å². The van der Waals surface area contributed by atoms with Crippen LogP contribution < -0.4 is 0 Å². The van der Waals surface area contributed by atoms with Crippen molar-refractivity contribution in [3.05, 3.63) is 0 Å². The smallest absolute Gasteiger partial charge is 0.309 e. The number of hydrogen-bond acceptors (Lipinski definition) is 10. The standard InChI is InChI=1S/C21H32O11S2/c22-16(23)10-20(28)8-14(31-18(26)12-20)2-5-33-4-1-6-34(30)7-3-15-9-21(29,11-17(24)25)13-19(27)32-15/h14-15,28-29H,1-13H2,(H,22,23)(H,24,25). The lowest BCUT2D eigenvalue weighted by Crippen LogP contribution is -2.45. The summed E-state index contributed by atoms with van der Waals surface area (Å²) in [7, 11) is -1.16. The van der Waals surface area contributed by atoms with Gasteiger partial charge in [0, 0.05) is 35.1 Å². The molecule has 34 heavy (non-hydrogen) atoms. The molecule has 0 radical (unpaired) electrons. The van der Waals surface area contributed by atoms with Crippen LogP contribution in [0.25, 0.3) is 0 Å². The molecular formula is C21H32O11S2. The highest BCUT2D eigenvalue weighted by Gasteiger charge is 2.42. The van der Waals surface area contributed by atoms with Crippen molar-refractivity contribution < 1.29 is 53.3 Å². The first-order chi connectivity index (χ1) is 15.9. The van der Waals surface area contributed by atoms with Gasteiger partial charge in [-0.2, -0.15) is 11.8 Å². The molecule has 0 aromatic rings. The van der Waals surface area contributed by atoms with Crippen LogP contribution in [0.1, 0.15) is 57.8 Å². The minimum atomic E-state index is -1.64. The highest BCUT2D eigenvalue weighted by atomic mass is 32.2. The van der Waals surface area contributed by atoms with Crippen LogP contribution in [0.2, 0.25) is 0 Å². The van der Waals surface area contributed by atoms with Crippen molar-refractivity contribution in [1.29, 1.82) is 0 Å². The fourth-order valence-electron chi connectivity index (χ4n) is 4.23. The molecule has 0 aromatic carbocycles. The van der Waals surface area contributed by atoms with Crippen molar-refractivity contribution in [3.8, 4) is 0 Å². The predicted octanol–water partition coefficient (Wildman–Crippen LogP) is 0.461. The van der Waals surface area contributed by atoms with Gasteiger partial charge in [0.05, 0.1) is 36.9 Å². The summed E-state index contributed by atoms with van der Waals surface area (Å²) in [6.07, 6.45) is -1.43. The Morgan fingerprint density at radius 3 is 1.88 bits per heavy atom. The predicted molar refractivity (Wildman–Crippen MR) is 122 cm³/mol. The zero-order chi connectivity index (χ0) is 25.4. The molecule has 4 N–H and O–H groups in total. The third-order valence-corrected chi connectivity index (χ3v) is 8.17. The maximum absolute atomic E-state index is 12.3. The summed E-state index contributed by atoms with van der Waals surface area (Å²) in [6, 6.07) is 0. The van der Waals surface area contributed by atoms with E-state index in [2.05, 4.69) is 0 Å². The first-order valence-corrected chi connectivity index (χ1v) is 13.7. The molecule has 0 bridgehead atoms. The summed E-state index contributed by atoms with van der Waals surface area (Å²) in [6.45, 7) is 0. The Labute approximate surface area is 204 Å². The van der Waals surface area contributed by atoms with E-state index in [1.165, 1.54) is 0 Å². The molecule has 2 heterocycles. The molecule has 2 saturated heterocycles. The fraction of sp³-hybridized carbons (Fsp3) is 0.810. The molecule has 0 aromatic heterocycles. The molecule has 2 aliphatic heterocycles. The summed E-state index contributed by atoms with van der Waals surface area (Å²) < 4.78 is 22.6. The van der Waals surface area contributed by atoms with E-state index in [0.29, 0.717) is 30.1 Å². The molecule has 0 amide bonds. The van der Waals surface area contributed by atoms with Crippen LogP contribution in [0.3, 0.4) is 0 Å². The van der Waals surface area contributed by atoms with Crippen molar-refractivity contribution in [3.63, 3.8) is 0 Å². The lowest BCUT2D eigenvalue weighted by Gasteiger charge is -2.35. The highest BCUT2D eigenvalue weighted by Crippen LogP contribution is 2.31. The van der Waals surface area contributed by atoms with Gasteiger partial charge in [-0.15, -0.1) is 0 Å². The zero-order valence-corrected chi connectivity index (χ0v) is 20.4. The highest BCUT2D eigenvalue weighted by molar-refractivity contribution is 7.99. The largest absolute Gasteiger partial charge is 0.481 e. The van der Waals surface area contributed by atoms with Crippen LogP contribution in [0, 0.1) is 0 Å². The number of esters is 2. The number of carbonyl (C=O) groups excluding carboxylic acids is 2. The van der Waals surface area contributed by atoms with Crippen molar-refractivity contribution in [2.75, 3.05) is 23.0 Å². The quantitative estimate of drug-likeness (QED) is 0.182. The topological polar surface area (TPSA) is 185 Å².